The standard InChI is InChI=1S/C17H11ClF3N3/c18-13-5-6-14-15(7-8-22-16(14)9-13)24-23-10-11-1-3-12(4-2-11)17(19,20)21/h1-10H,(H,22,24). The summed E-state index contributed by atoms with van der Waals surface area (Å²) in [5.41, 5.74) is 4.17. The second-order valence-corrected chi connectivity index (χ2v) is 5.45. The summed E-state index contributed by atoms with van der Waals surface area (Å²) < 4.78 is 37.5. The number of nitrogens with one attached hydrogen (secondary N) is 1. The molecule has 24 heavy (non-hydrogen) atoms. The van der Waals surface area contributed by atoms with Crippen molar-refractivity contribution in [2.45, 2.75) is 6.18 Å². The minimum Gasteiger partial charge on any atom is -0.278 e. The molecule has 0 amide bonds. The van der Waals surface area contributed by atoms with Gasteiger partial charge >= 0.3 is 6.18 Å². The molecule has 7 heteroatoms. The Labute approximate surface area is 140 Å². The summed E-state index contributed by atoms with van der Waals surface area (Å²) >= 11 is 5.93. The van der Waals surface area contributed by atoms with Crippen molar-refractivity contribution in [2.75, 3.05) is 5.43 Å². The number of nitrogens with zero attached hydrogens (tertiary/aromatic N) is 2. The lowest BCUT2D eigenvalue weighted by Crippen LogP contribution is -2.04. The van der Waals surface area contributed by atoms with Crippen LogP contribution in [-0.4, -0.2) is 11.2 Å². The van der Waals surface area contributed by atoms with E-state index < -0.39 is 11.7 Å². The predicted molar refractivity (Wildman–Crippen MR) is 89.4 cm³/mol. The summed E-state index contributed by atoms with van der Waals surface area (Å²) in [6.07, 6.45) is -1.28. The third-order valence-corrected chi connectivity index (χ3v) is 3.58. The van der Waals surface area contributed by atoms with Gasteiger partial charge in [0, 0.05) is 16.6 Å². The Morgan fingerprint density at radius 2 is 1.79 bits per heavy atom. The molecule has 3 rings (SSSR count). The molecule has 0 aliphatic carbocycles. The van der Waals surface area contributed by atoms with Crippen molar-refractivity contribution >= 4 is 34.4 Å². The molecule has 2 aromatic carbocycles. The zero-order chi connectivity index (χ0) is 17.2. The smallest absolute Gasteiger partial charge is 0.278 e. The van der Waals surface area contributed by atoms with Crippen LogP contribution in [0.5, 0.6) is 0 Å². The first-order valence-corrected chi connectivity index (χ1v) is 7.32. The predicted octanol–water partition coefficient (Wildman–Crippen LogP) is 5.35. The second kappa shape index (κ2) is 6.49. The average Bonchev–Trinajstić information content (AvgIpc) is 2.54. The Kier molecular flexibility index (Phi) is 4.40. The number of fused-ring (bicyclic) bond motifs is 1. The largest absolute Gasteiger partial charge is 0.416 e. The van der Waals surface area contributed by atoms with E-state index in [0.29, 0.717) is 10.6 Å². The molecule has 0 aliphatic heterocycles. The fourth-order valence-electron chi connectivity index (χ4n) is 2.15. The van der Waals surface area contributed by atoms with Gasteiger partial charge in [0.15, 0.2) is 0 Å². The van der Waals surface area contributed by atoms with E-state index in [1.807, 2.05) is 6.07 Å². The Balaban J connectivity index is 1.77. The van der Waals surface area contributed by atoms with Crippen LogP contribution in [0.1, 0.15) is 11.1 Å². The Bertz CT molecular complexity index is 890. The fraction of sp³-hybridized carbons (Fsp3) is 0.0588. The molecule has 0 saturated heterocycles. The molecule has 0 radical (unpaired) electrons. The van der Waals surface area contributed by atoms with Crippen LogP contribution in [0.2, 0.25) is 5.02 Å². The van der Waals surface area contributed by atoms with Crippen LogP contribution in [-0.2, 0) is 6.18 Å². The van der Waals surface area contributed by atoms with Crippen molar-refractivity contribution in [1.82, 2.24) is 4.98 Å². The molecular weight excluding hydrogens is 339 g/mol. The van der Waals surface area contributed by atoms with Gasteiger partial charge in [0.25, 0.3) is 0 Å². The summed E-state index contributed by atoms with van der Waals surface area (Å²) in [4.78, 5) is 4.22. The Morgan fingerprint density at radius 1 is 1.04 bits per heavy atom. The minimum atomic E-state index is -4.34. The number of benzene rings is 2. The molecule has 0 aliphatic rings. The first-order chi connectivity index (χ1) is 11.4. The maximum atomic E-state index is 12.5. The Hall–Kier alpha value is -2.60. The molecule has 1 aromatic heterocycles. The molecule has 1 N–H and O–H groups in total. The molecular formula is C17H11ClF3N3. The highest BCUT2D eigenvalue weighted by Gasteiger charge is 2.29. The molecule has 0 unspecified atom stereocenters. The monoisotopic (exact) mass is 349 g/mol. The molecule has 0 bridgehead atoms. The number of alkyl halides is 3. The highest BCUT2D eigenvalue weighted by atomic mass is 35.5. The van der Waals surface area contributed by atoms with Crippen LogP contribution >= 0.6 is 11.6 Å². The minimum absolute atomic E-state index is 0.553. The van der Waals surface area contributed by atoms with Crippen molar-refractivity contribution in [3.8, 4) is 0 Å². The second-order valence-electron chi connectivity index (χ2n) is 5.01. The van der Waals surface area contributed by atoms with Crippen LogP contribution in [0.3, 0.4) is 0 Å². The maximum Gasteiger partial charge on any atom is 0.416 e. The van der Waals surface area contributed by atoms with Crippen LogP contribution < -0.4 is 5.43 Å². The van der Waals surface area contributed by atoms with E-state index in [4.69, 9.17) is 11.6 Å². The van der Waals surface area contributed by atoms with Gasteiger partial charge in [-0.2, -0.15) is 18.3 Å². The van der Waals surface area contributed by atoms with Crippen LogP contribution in [0.15, 0.2) is 59.8 Å². The fourth-order valence-corrected chi connectivity index (χ4v) is 2.32. The number of halogens is 4. The van der Waals surface area contributed by atoms with Gasteiger partial charge in [-0.25, -0.2) is 0 Å². The van der Waals surface area contributed by atoms with Crippen molar-refractivity contribution in [3.63, 3.8) is 0 Å². The van der Waals surface area contributed by atoms with Gasteiger partial charge in [0.05, 0.1) is 23.0 Å². The first kappa shape index (κ1) is 16.3. The molecule has 3 aromatic rings. The van der Waals surface area contributed by atoms with E-state index >= 15 is 0 Å². The summed E-state index contributed by atoms with van der Waals surface area (Å²) in [6.45, 7) is 0. The van der Waals surface area contributed by atoms with Crippen molar-refractivity contribution in [3.05, 3.63) is 70.9 Å². The van der Waals surface area contributed by atoms with Crippen molar-refractivity contribution in [1.29, 1.82) is 0 Å². The van der Waals surface area contributed by atoms with Crippen molar-refractivity contribution < 1.29 is 13.2 Å². The molecule has 0 atom stereocenters. The van der Waals surface area contributed by atoms with Crippen molar-refractivity contribution in [2.24, 2.45) is 5.10 Å². The number of rotatable bonds is 3. The third kappa shape index (κ3) is 3.65. The quantitative estimate of drug-likeness (QED) is 0.511. The molecule has 3 nitrogen and oxygen atoms in total. The van der Waals surface area contributed by atoms with E-state index in [-0.39, 0.29) is 0 Å². The van der Waals surface area contributed by atoms with E-state index in [1.165, 1.54) is 18.3 Å². The van der Waals surface area contributed by atoms with Gasteiger partial charge in [-0.15, -0.1) is 0 Å². The van der Waals surface area contributed by atoms with Gasteiger partial charge in [0.1, 0.15) is 0 Å². The van der Waals surface area contributed by atoms with Gasteiger partial charge in [-0.1, -0.05) is 23.7 Å². The topological polar surface area (TPSA) is 37.3 Å². The summed E-state index contributed by atoms with van der Waals surface area (Å²) in [5, 5.41) is 5.48. The zero-order valence-corrected chi connectivity index (χ0v) is 12.9. The van der Waals surface area contributed by atoms with E-state index in [9.17, 15) is 13.2 Å². The Morgan fingerprint density at radius 3 is 2.50 bits per heavy atom. The van der Waals surface area contributed by atoms with E-state index in [0.717, 1.165) is 28.7 Å². The summed E-state index contributed by atoms with van der Waals surface area (Å²) in [7, 11) is 0. The van der Waals surface area contributed by atoms with Gasteiger partial charge in [-0.05, 0) is 42.0 Å². The van der Waals surface area contributed by atoms with Crippen LogP contribution in [0.4, 0.5) is 18.9 Å². The number of aromatic nitrogens is 1. The molecule has 0 saturated carbocycles. The first-order valence-electron chi connectivity index (χ1n) is 6.94. The lowest BCUT2D eigenvalue weighted by molar-refractivity contribution is -0.137. The number of pyridine rings is 1. The lowest BCUT2D eigenvalue weighted by Gasteiger charge is -2.06. The SMILES string of the molecule is FC(F)(F)c1ccc(C=NNc2ccnc3cc(Cl)ccc23)cc1. The zero-order valence-electron chi connectivity index (χ0n) is 12.2. The lowest BCUT2D eigenvalue weighted by atomic mass is 10.1. The molecule has 1 heterocycles. The maximum absolute atomic E-state index is 12.5. The molecule has 122 valence electrons. The molecule has 0 fully saturated rings. The highest BCUT2D eigenvalue weighted by Crippen LogP contribution is 2.29. The number of hydrogen-bond donors (Lipinski definition) is 1. The number of hydrogen-bond acceptors (Lipinski definition) is 3. The highest BCUT2D eigenvalue weighted by molar-refractivity contribution is 6.31. The third-order valence-electron chi connectivity index (χ3n) is 3.34. The van der Waals surface area contributed by atoms with Crippen LogP contribution in [0.25, 0.3) is 10.9 Å². The van der Waals surface area contributed by atoms with Gasteiger partial charge < -0.3 is 0 Å². The van der Waals surface area contributed by atoms with Gasteiger partial charge in [0.2, 0.25) is 0 Å². The van der Waals surface area contributed by atoms with Gasteiger partial charge in [-0.3, -0.25) is 10.4 Å². The van der Waals surface area contributed by atoms with E-state index in [2.05, 4.69) is 15.5 Å². The normalized spacial score (nSPS) is 12.0. The summed E-state index contributed by atoms with van der Waals surface area (Å²) in [6, 6.07) is 11.8. The van der Waals surface area contributed by atoms with Crippen LogP contribution in [0, 0.1) is 0 Å². The summed E-state index contributed by atoms with van der Waals surface area (Å²) in [5.74, 6) is 0. The number of anilines is 1. The average molecular weight is 350 g/mol. The number of hydrazone groups is 1. The molecule has 0 spiro atoms. The van der Waals surface area contributed by atoms with E-state index in [1.54, 1.807) is 24.4 Å².